The highest BCUT2D eigenvalue weighted by molar-refractivity contribution is 6.30. The third-order valence-corrected chi connectivity index (χ3v) is 8.19. The van der Waals surface area contributed by atoms with Crippen molar-refractivity contribution in [3.8, 4) is 22.8 Å². The van der Waals surface area contributed by atoms with Gasteiger partial charge in [0, 0.05) is 40.4 Å². The predicted octanol–water partition coefficient (Wildman–Crippen LogP) is 4.78. The topological polar surface area (TPSA) is 127 Å². The Kier molecular flexibility index (Phi) is 10.3. The molecule has 1 aromatic heterocycles. The molecule has 0 saturated carbocycles. The van der Waals surface area contributed by atoms with Crippen molar-refractivity contribution in [2.24, 2.45) is 11.7 Å². The molecule has 5 atom stereocenters. The van der Waals surface area contributed by atoms with Gasteiger partial charge in [0.05, 0.1) is 19.3 Å². The van der Waals surface area contributed by atoms with E-state index in [-0.39, 0.29) is 41.3 Å². The molecular weight excluding hydrogens is 604 g/mol. The van der Waals surface area contributed by atoms with E-state index in [1.54, 1.807) is 37.6 Å². The summed E-state index contributed by atoms with van der Waals surface area (Å²) in [5.41, 5.74) is 9.61. The SMILES string of the molecule is COc1ccc(-c2ccc(C[C@H](N)[C@@H](O)C[C@@H](Cc3ccccc3F)C(=O)N[C@H]3c4cc(Cl)cc(F)c4OC[C@H]3O)cc2)cn1. The number of aliphatic hydroxyl groups excluding tert-OH is 2. The molecule has 4 aromatic rings. The van der Waals surface area contributed by atoms with Gasteiger partial charge >= 0.3 is 0 Å². The summed E-state index contributed by atoms with van der Waals surface area (Å²) in [7, 11) is 1.55. The van der Waals surface area contributed by atoms with E-state index in [4.69, 9.17) is 26.8 Å². The minimum absolute atomic E-state index is 0.0387. The van der Waals surface area contributed by atoms with E-state index in [1.807, 2.05) is 30.3 Å². The molecule has 5 rings (SSSR count). The zero-order valence-electron chi connectivity index (χ0n) is 24.5. The van der Waals surface area contributed by atoms with Gasteiger partial charge in [-0.25, -0.2) is 13.8 Å². The third-order valence-electron chi connectivity index (χ3n) is 7.97. The van der Waals surface area contributed by atoms with Gasteiger partial charge in [0.2, 0.25) is 11.8 Å². The van der Waals surface area contributed by atoms with Gasteiger partial charge in [-0.3, -0.25) is 4.79 Å². The lowest BCUT2D eigenvalue weighted by atomic mass is 9.88. The Labute approximate surface area is 264 Å². The van der Waals surface area contributed by atoms with E-state index in [0.717, 1.165) is 22.8 Å². The first-order valence-corrected chi connectivity index (χ1v) is 14.9. The number of amides is 1. The van der Waals surface area contributed by atoms with Crippen molar-refractivity contribution in [3.05, 3.63) is 112 Å². The highest BCUT2D eigenvalue weighted by atomic mass is 35.5. The maximum atomic E-state index is 14.7. The lowest BCUT2D eigenvalue weighted by Gasteiger charge is -2.33. The number of pyridine rings is 1. The number of halogens is 3. The van der Waals surface area contributed by atoms with Gasteiger partial charge in [0.1, 0.15) is 18.5 Å². The number of nitrogens with one attached hydrogen (secondary N) is 1. The highest BCUT2D eigenvalue weighted by Crippen LogP contribution is 2.37. The number of carbonyl (C=O) groups excluding carboxylic acids is 1. The zero-order chi connectivity index (χ0) is 32.1. The van der Waals surface area contributed by atoms with Gasteiger partial charge in [0.25, 0.3) is 0 Å². The Morgan fingerprint density at radius 3 is 2.51 bits per heavy atom. The quantitative estimate of drug-likeness (QED) is 0.186. The van der Waals surface area contributed by atoms with Crippen LogP contribution in [-0.4, -0.2) is 53.1 Å². The molecule has 8 nitrogen and oxygen atoms in total. The number of aliphatic hydroxyl groups is 2. The second-order valence-corrected chi connectivity index (χ2v) is 11.6. The largest absolute Gasteiger partial charge is 0.487 e. The molecule has 0 fully saturated rings. The molecule has 11 heteroatoms. The number of nitrogens with two attached hydrogens (primary N) is 1. The summed E-state index contributed by atoms with van der Waals surface area (Å²) in [6.07, 6.45) is -0.419. The summed E-state index contributed by atoms with van der Waals surface area (Å²) in [5.74, 6) is -2.32. The minimum atomic E-state index is -1.20. The van der Waals surface area contributed by atoms with Crippen LogP contribution in [0.25, 0.3) is 11.1 Å². The molecule has 1 aliphatic heterocycles. The average molecular weight is 638 g/mol. The Hall–Kier alpha value is -4.09. The molecule has 0 saturated heterocycles. The summed E-state index contributed by atoms with van der Waals surface area (Å²) in [6.45, 7) is -0.254. The molecule has 0 aliphatic carbocycles. The van der Waals surface area contributed by atoms with Crippen molar-refractivity contribution in [2.75, 3.05) is 13.7 Å². The fraction of sp³-hybridized carbons (Fsp3) is 0.294. The van der Waals surface area contributed by atoms with E-state index < -0.39 is 47.8 Å². The average Bonchev–Trinajstić information content (AvgIpc) is 3.03. The van der Waals surface area contributed by atoms with Crippen molar-refractivity contribution < 1.29 is 33.3 Å². The molecule has 0 radical (unpaired) electrons. The van der Waals surface area contributed by atoms with Gasteiger partial charge in [-0.2, -0.15) is 0 Å². The number of benzene rings is 3. The minimum Gasteiger partial charge on any atom is -0.487 e. The maximum absolute atomic E-state index is 14.7. The molecule has 1 aliphatic rings. The number of methoxy groups -OCH3 is 1. The first-order valence-electron chi connectivity index (χ1n) is 14.5. The van der Waals surface area contributed by atoms with Crippen LogP contribution in [0, 0.1) is 17.6 Å². The Bertz CT molecular complexity index is 1620. The summed E-state index contributed by atoms with van der Waals surface area (Å²) in [6, 6.07) is 18.1. The lowest BCUT2D eigenvalue weighted by Crippen LogP contribution is -2.46. The van der Waals surface area contributed by atoms with Crippen LogP contribution in [0.2, 0.25) is 5.02 Å². The number of carbonyl (C=O) groups is 1. The summed E-state index contributed by atoms with van der Waals surface area (Å²) in [4.78, 5) is 17.9. The third kappa shape index (κ3) is 7.77. The maximum Gasteiger partial charge on any atom is 0.224 e. The first-order chi connectivity index (χ1) is 21.6. The Morgan fingerprint density at radius 1 is 1.09 bits per heavy atom. The molecule has 0 spiro atoms. The van der Waals surface area contributed by atoms with Crippen LogP contribution >= 0.6 is 11.6 Å². The van der Waals surface area contributed by atoms with Crippen molar-refractivity contribution in [1.29, 1.82) is 0 Å². The van der Waals surface area contributed by atoms with Gasteiger partial charge in [-0.05, 0) is 60.2 Å². The second-order valence-electron chi connectivity index (χ2n) is 11.1. The van der Waals surface area contributed by atoms with Crippen molar-refractivity contribution in [3.63, 3.8) is 0 Å². The fourth-order valence-corrected chi connectivity index (χ4v) is 5.69. The van der Waals surface area contributed by atoms with E-state index >= 15 is 0 Å². The standard InChI is InChI=1S/C34H34ClF2N3O5/c1-44-31-11-10-22(17-39-31)20-8-6-19(7-9-20)12-28(38)29(41)14-23(13-21-4-2-3-5-26(21)36)34(43)40-32-25-15-24(35)16-27(37)33(25)45-18-30(32)42/h2-11,15-17,23,28-30,32,41-42H,12-14,18,38H2,1H3,(H,40,43)/t23-,28+,29+,30-,32+/m1/s1. The smallest absolute Gasteiger partial charge is 0.224 e. The number of fused-ring (bicyclic) bond motifs is 1. The number of aromatic nitrogens is 1. The molecule has 236 valence electrons. The first kappa shape index (κ1) is 32.3. The van der Waals surface area contributed by atoms with E-state index in [1.165, 1.54) is 12.1 Å². The van der Waals surface area contributed by atoms with Crippen LogP contribution < -0.4 is 20.5 Å². The molecular formula is C34H34ClF2N3O5. The van der Waals surface area contributed by atoms with Crippen molar-refractivity contribution in [1.82, 2.24) is 10.3 Å². The monoisotopic (exact) mass is 637 g/mol. The molecule has 0 bridgehead atoms. The number of hydrogen-bond acceptors (Lipinski definition) is 7. The highest BCUT2D eigenvalue weighted by Gasteiger charge is 2.35. The van der Waals surface area contributed by atoms with Crippen molar-refractivity contribution >= 4 is 17.5 Å². The summed E-state index contributed by atoms with van der Waals surface area (Å²) < 4.78 is 39.7. The summed E-state index contributed by atoms with van der Waals surface area (Å²) >= 11 is 6.05. The van der Waals surface area contributed by atoms with E-state index in [2.05, 4.69) is 10.3 Å². The van der Waals surface area contributed by atoms with Gasteiger partial charge in [-0.1, -0.05) is 54.1 Å². The van der Waals surface area contributed by atoms with Crippen LogP contribution in [-0.2, 0) is 17.6 Å². The fourth-order valence-electron chi connectivity index (χ4n) is 5.47. The second kappa shape index (κ2) is 14.3. The van der Waals surface area contributed by atoms with Crippen LogP contribution in [0.3, 0.4) is 0 Å². The van der Waals surface area contributed by atoms with Gasteiger partial charge < -0.3 is 30.7 Å². The normalized spacial score (nSPS) is 17.8. The Balaban J connectivity index is 1.30. The van der Waals surface area contributed by atoms with Crippen molar-refractivity contribution in [2.45, 2.75) is 43.6 Å². The van der Waals surface area contributed by atoms with Gasteiger partial charge in [-0.15, -0.1) is 0 Å². The Morgan fingerprint density at radius 2 is 1.82 bits per heavy atom. The molecule has 1 amide bonds. The number of nitrogens with zero attached hydrogens (tertiary/aromatic N) is 1. The molecule has 45 heavy (non-hydrogen) atoms. The zero-order valence-corrected chi connectivity index (χ0v) is 25.3. The summed E-state index contributed by atoms with van der Waals surface area (Å²) in [5, 5.41) is 24.7. The van der Waals surface area contributed by atoms with Crippen LogP contribution in [0.1, 0.15) is 29.2 Å². The van der Waals surface area contributed by atoms with E-state index in [9.17, 15) is 23.8 Å². The van der Waals surface area contributed by atoms with E-state index in [0.29, 0.717) is 12.3 Å². The molecule has 0 unspecified atom stereocenters. The predicted molar refractivity (Wildman–Crippen MR) is 166 cm³/mol. The lowest BCUT2D eigenvalue weighted by molar-refractivity contribution is -0.128. The molecule has 5 N–H and O–H groups in total. The number of hydrogen-bond donors (Lipinski definition) is 4. The van der Waals surface area contributed by atoms with Crippen LogP contribution in [0.5, 0.6) is 11.6 Å². The van der Waals surface area contributed by atoms with Crippen LogP contribution in [0.15, 0.2) is 79.0 Å². The molecule has 2 heterocycles. The van der Waals surface area contributed by atoms with Gasteiger partial charge in [0.15, 0.2) is 11.6 Å². The number of rotatable bonds is 11. The van der Waals surface area contributed by atoms with Crippen LogP contribution in [0.4, 0.5) is 8.78 Å². The number of ether oxygens (including phenoxy) is 2. The molecule has 3 aromatic carbocycles.